The molecule has 0 aliphatic carbocycles. The van der Waals surface area contributed by atoms with E-state index in [0.29, 0.717) is 25.1 Å². The number of anilines is 1. The van der Waals surface area contributed by atoms with Gasteiger partial charge in [-0.3, -0.25) is 4.79 Å². The van der Waals surface area contributed by atoms with Crippen LogP contribution in [0.3, 0.4) is 0 Å². The maximum atomic E-state index is 13.0. The Hall–Kier alpha value is -2.07. The highest BCUT2D eigenvalue weighted by Gasteiger charge is 2.05. The molecule has 22 heavy (non-hydrogen) atoms. The SMILES string of the molecule is Cc1cccc(OCCCC(=O)Nc2ccc(F)c(Cl)c2)c1. The molecule has 0 spiro atoms. The van der Waals surface area contributed by atoms with E-state index in [-0.39, 0.29) is 10.9 Å². The summed E-state index contributed by atoms with van der Waals surface area (Å²) in [4.78, 5) is 11.8. The van der Waals surface area contributed by atoms with Crippen LogP contribution in [0.5, 0.6) is 5.75 Å². The molecule has 0 heterocycles. The molecule has 0 aromatic heterocycles. The minimum absolute atomic E-state index is 0.0134. The van der Waals surface area contributed by atoms with Gasteiger partial charge in [0.15, 0.2) is 0 Å². The highest BCUT2D eigenvalue weighted by Crippen LogP contribution is 2.19. The van der Waals surface area contributed by atoms with Crippen molar-refractivity contribution in [3.8, 4) is 5.75 Å². The molecule has 0 radical (unpaired) electrons. The second-order valence-electron chi connectivity index (χ2n) is 4.95. The largest absolute Gasteiger partial charge is 0.494 e. The van der Waals surface area contributed by atoms with E-state index in [9.17, 15) is 9.18 Å². The van der Waals surface area contributed by atoms with Gasteiger partial charge in [-0.2, -0.15) is 0 Å². The lowest BCUT2D eigenvalue weighted by atomic mass is 10.2. The first-order chi connectivity index (χ1) is 10.5. The topological polar surface area (TPSA) is 38.3 Å². The summed E-state index contributed by atoms with van der Waals surface area (Å²) in [5.41, 5.74) is 1.61. The molecule has 2 aromatic rings. The first kappa shape index (κ1) is 16.3. The Morgan fingerprint density at radius 3 is 2.82 bits per heavy atom. The number of aryl methyl sites for hydroxylation is 1. The number of hydrogen-bond acceptors (Lipinski definition) is 2. The van der Waals surface area contributed by atoms with E-state index in [1.807, 2.05) is 31.2 Å². The number of carbonyl (C=O) groups excluding carboxylic acids is 1. The van der Waals surface area contributed by atoms with Crippen LogP contribution in [0.1, 0.15) is 18.4 Å². The Kier molecular flexibility index (Phi) is 5.78. The number of ether oxygens (including phenoxy) is 1. The van der Waals surface area contributed by atoms with Gasteiger partial charge in [-0.05, 0) is 49.2 Å². The summed E-state index contributed by atoms with van der Waals surface area (Å²) < 4.78 is 18.6. The molecule has 0 bridgehead atoms. The summed E-state index contributed by atoms with van der Waals surface area (Å²) in [6.45, 7) is 2.45. The molecule has 0 unspecified atom stereocenters. The number of amides is 1. The first-order valence-electron chi connectivity index (χ1n) is 6.99. The molecule has 0 saturated heterocycles. The molecule has 0 aliphatic heterocycles. The molecule has 0 aliphatic rings. The van der Waals surface area contributed by atoms with Crippen LogP contribution in [0.2, 0.25) is 5.02 Å². The molecule has 5 heteroatoms. The average Bonchev–Trinajstić information content (AvgIpc) is 2.48. The van der Waals surface area contributed by atoms with Crippen LogP contribution < -0.4 is 10.1 Å². The van der Waals surface area contributed by atoms with Crippen molar-refractivity contribution < 1.29 is 13.9 Å². The lowest BCUT2D eigenvalue weighted by molar-refractivity contribution is -0.116. The Labute approximate surface area is 134 Å². The summed E-state index contributed by atoms with van der Waals surface area (Å²) in [7, 11) is 0. The van der Waals surface area contributed by atoms with Crippen molar-refractivity contribution in [1.82, 2.24) is 0 Å². The Bertz CT molecular complexity index is 661. The zero-order chi connectivity index (χ0) is 15.9. The summed E-state index contributed by atoms with van der Waals surface area (Å²) in [6.07, 6.45) is 0.912. The predicted molar refractivity (Wildman–Crippen MR) is 85.9 cm³/mol. The van der Waals surface area contributed by atoms with Gasteiger partial charge < -0.3 is 10.1 Å². The molecule has 1 amide bonds. The zero-order valence-corrected chi connectivity index (χ0v) is 13.0. The molecule has 3 nitrogen and oxygen atoms in total. The van der Waals surface area contributed by atoms with E-state index in [4.69, 9.17) is 16.3 Å². The lowest BCUT2D eigenvalue weighted by Gasteiger charge is -2.08. The average molecular weight is 322 g/mol. The fourth-order valence-corrected chi connectivity index (χ4v) is 2.11. The van der Waals surface area contributed by atoms with Gasteiger partial charge >= 0.3 is 0 Å². The van der Waals surface area contributed by atoms with Gasteiger partial charge in [-0.1, -0.05) is 23.7 Å². The van der Waals surface area contributed by atoms with Crippen molar-refractivity contribution >= 4 is 23.2 Å². The molecular weight excluding hydrogens is 305 g/mol. The number of benzene rings is 2. The Morgan fingerprint density at radius 1 is 1.27 bits per heavy atom. The Balaban J connectivity index is 1.72. The second-order valence-corrected chi connectivity index (χ2v) is 5.35. The summed E-state index contributed by atoms with van der Waals surface area (Å²) in [5.74, 6) is 0.132. The first-order valence-corrected chi connectivity index (χ1v) is 7.37. The van der Waals surface area contributed by atoms with Crippen LogP contribution in [-0.2, 0) is 4.79 Å². The molecule has 2 rings (SSSR count). The van der Waals surface area contributed by atoms with Crippen molar-refractivity contribution in [3.05, 3.63) is 58.9 Å². The van der Waals surface area contributed by atoms with Gasteiger partial charge in [-0.15, -0.1) is 0 Å². The van der Waals surface area contributed by atoms with E-state index in [0.717, 1.165) is 11.3 Å². The number of hydrogen-bond donors (Lipinski definition) is 1. The summed E-state index contributed by atoms with van der Waals surface area (Å²) in [5, 5.41) is 2.66. The third kappa shape index (κ3) is 5.04. The third-order valence-electron chi connectivity index (χ3n) is 3.01. The van der Waals surface area contributed by atoms with Gasteiger partial charge in [0.05, 0.1) is 11.6 Å². The van der Waals surface area contributed by atoms with Crippen LogP contribution in [0.15, 0.2) is 42.5 Å². The maximum Gasteiger partial charge on any atom is 0.224 e. The van der Waals surface area contributed by atoms with Crippen molar-refractivity contribution in [2.75, 3.05) is 11.9 Å². The van der Waals surface area contributed by atoms with Crippen LogP contribution in [0.4, 0.5) is 10.1 Å². The van der Waals surface area contributed by atoms with E-state index < -0.39 is 5.82 Å². The fourth-order valence-electron chi connectivity index (χ4n) is 1.93. The molecule has 0 saturated carbocycles. The monoisotopic (exact) mass is 321 g/mol. The van der Waals surface area contributed by atoms with Crippen LogP contribution in [-0.4, -0.2) is 12.5 Å². The molecular formula is C17H17ClFNO2. The number of halogens is 2. The quantitative estimate of drug-likeness (QED) is 0.790. The molecule has 0 atom stereocenters. The van der Waals surface area contributed by atoms with Gasteiger partial charge in [0.2, 0.25) is 5.91 Å². The van der Waals surface area contributed by atoms with Crippen molar-refractivity contribution in [2.24, 2.45) is 0 Å². The molecule has 2 aromatic carbocycles. The normalized spacial score (nSPS) is 10.3. The maximum absolute atomic E-state index is 13.0. The molecule has 1 N–H and O–H groups in total. The second kappa shape index (κ2) is 7.80. The van der Waals surface area contributed by atoms with E-state index in [2.05, 4.69) is 5.32 Å². The molecule has 0 fully saturated rings. The number of nitrogens with one attached hydrogen (secondary N) is 1. The number of rotatable bonds is 6. The zero-order valence-electron chi connectivity index (χ0n) is 12.2. The number of carbonyl (C=O) groups is 1. The Morgan fingerprint density at radius 2 is 2.09 bits per heavy atom. The highest BCUT2D eigenvalue weighted by atomic mass is 35.5. The van der Waals surface area contributed by atoms with E-state index in [1.165, 1.54) is 18.2 Å². The highest BCUT2D eigenvalue weighted by molar-refractivity contribution is 6.31. The van der Waals surface area contributed by atoms with Crippen LogP contribution in [0, 0.1) is 12.7 Å². The summed E-state index contributed by atoms with van der Waals surface area (Å²) in [6, 6.07) is 11.8. The molecule has 116 valence electrons. The van der Waals surface area contributed by atoms with Crippen molar-refractivity contribution in [1.29, 1.82) is 0 Å². The van der Waals surface area contributed by atoms with E-state index in [1.54, 1.807) is 0 Å². The summed E-state index contributed by atoms with van der Waals surface area (Å²) >= 11 is 5.66. The van der Waals surface area contributed by atoms with E-state index >= 15 is 0 Å². The van der Waals surface area contributed by atoms with Gasteiger partial charge in [-0.25, -0.2) is 4.39 Å². The van der Waals surface area contributed by atoms with Gasteiger partial charge in [0.1, 0.15) is 11.6 Å². The minimum Gasteiger partial charge on any atom is -0.494 e. The van der Waals surface area contributed by atoms with Gasteiger partial charge in [0, 0.05) is 12.1 Å². The predicted octanol–water partition coefficient (Wildman–Crippen LogP) is 4.59. The van der Waals surface area contributed by atoms with Crippen molar-refractivity contribution in [3.63, 3.8) is 0 Å². The third-order valence-corrected chi connectivity index (χ3v) is 3.30. The minimum atomic E-state index is -0.508. The standard InChI is InChI=1S/C17H17ClFNO2/c1-12-4-2-5-14(10-12)22-9-3-6-17(21)20-13-7-8-16(19)15(18)11-13/h2,4-5,7-8,10-11H,3,6,9H2,1H3,(H,20,21). The lowest BCUT2D eigenvalue weighted by Crippen LogP contribution is -2.12. The smallest absolute Gasteiger partial charge is 0.224 e. The van der Waals surface area contributed by atoms with Crippen molar-refractivity contribution in [2.45, 2.75) is 19.8 Å². The van der Waals surface area contributed by atoms with Crippen LogP contribution in [0.25, 0.3) is 0 Å². The van der Waals surface area contributed by atoms with Gasteiger partial charge in [0.25, 0.3) is 0 Å². The fraction of sp³-hybridized carbons (Fsp3) is 0.235. The van der Waals surface area contributed by atoms with Crippen LogP contribution >= 0.6 is 11.6 Å².